The first-order valence-corrected chi connectivity index (χ1v) is 14.6. The predicted molar refractivity (Wildman–Crippen MR) is 148 cm³/mol. The van der Waals surface area contributed by atoms with E-state index < -0.39 is 11.5 Å². The number of nitrogens with zero attached hydrogens (tertiary/aromatic N) is 1. The molecule has 2 amide bonds. The Labute approximate surface area is 226 Å². The number of ether oxygens (including phenoxy) is 1. The van der Waals surface area contributed by atoms with Gasteiger partial charge >= 0.3 is 0 Å². The smallest absolute Gasteiger partial charge is 0.243 e. The first kappa shape index (κ1) is 27.1. The van der Waals surface area contributed by atoms with Crippen molar-refractivity contribution in [3.63, 3.8) is 0 Å². The van der Waals surface area contributed by atoms with Gasteiger partial charge in [-0.05, 0) is 79.9 Å². The molecule has 2 heterocycles. The number of likely N-dealkylation sites (N-methyl/N-ethyl adjacent to an activating group) is 1. The molecule has 8 nitrogen and oxygen atoms in total. The van der Waals surface area contributed by atoms with Crippen molar-refractivity contribution in [3.8, 4) is 0 Å². The third-order valence-corrected chi connectivity index (χ3v) is 9.87. The molecule has 0 spiro atoms. The second-order valence-corrected chi connectivity index (χ2v) is 12.6. The fourth-order valence-corrected chi connectivity index (χ4v) is 7.14. The van der Waals surface area contributed by atoms with Crippen molar-refractivity contribution >= 4 is 22.8 Å². The van der Waals surface area contributed by atoms with Crippen LogP contribution in [0.1, 0.15) is 90.1 Å². The Bertz CT molecular complexity index is 1170. The fourth-order valence-electron chi connectivity index (χ4n) is 7.14. The van der Waals surface area contributed by atoms with E-state index >= 15 is 0 Å². The molecule has 1 saturated heterocycles. The van der Waals surface area contributed by atoms with Crippen LogP contribution in [0.25, 0.3) is 11.0 Å². The molecule has 2 aliphatic carbocycles. The van der Waals surface area contributed by atoms with Crippen LogP contribution in [0.3, 0.4) is 0 Å². The molecule has 0 bridgehead atoms. The minimum atomic E-state index is -0.847. The highest BCUT2D eigenvalue weighted by Crippen LogP contribution is 2.44. The lowest BCUT2D eigenvalue weighted by Gasteiger charge is -2.45. The Morgan fingerprint density at radius 1 is 1.24 bits per heavy atom. The van der Waals surface area contributed by atoms with E-state index in [1.807, 2.05) is 25.1 Å². The van der Waals surface area contributed by atoms with Crippen molar-refractivity contribution in [2.24, 2.45) is 28.9 Å². The third-order valence-electron chi connectivity index (χ3n) is 9.87. The second-order valence-electron chi connectivity index (χ2n) is 12.6. The van der Waals surface area contributed by atoms with Crippen LogP contribution in [-0.2, 0) is 19.7 Å². The summed E-state index contributed by atoms with van der Waals surface area (Å²) in [6.45, 7) is 9.97. The zero-order valence-electron chi connectivity index (χ0n) is 23.4. The quantitative estimate of drug-likeness (QED) is 0.415. The van der Waals surface area contributed by atoms with Gasteiger partial charge in [0.15, 0.2) is 0 Å². The van der Waals surface area contributed by atoms with E-state index in [0.717, 1.165) is 54.0 Å². The van der Waals surface area contributed by atoms with E-state index in [1.165, 1.54) is 12.8 Å². The zero-order valence-corrected chi connectivity index (χ0v) is 23.4. The molecular formula is C30H45N5O3. The summed E-state index contributed by atoms with van der Waals surface area (Å²) < 4.78 is 5.80. The minimum Gasteiger partial charge on any atom is -0.380 e. The van der Waals surface area contributed by atoms with Crippen molar-refractivity contribution in [2.45, 2.75) is 90.1 Å². The average molecular weight is 524 g/mol. The van der Waals surface area contributed by atoms with Crippen LogP contribution in [-0.4, -0.2) is 47.6 Å². The van der Waals surface area contributed by atoms with Gasteiger partial charge in [0, 0.05) is 13.2 Å². The highest BCUT2D eigenvalue weighted by atomic mass is 16.5. The van der Waals surface area contributed by atoms with Crippen LogP contribution < -0.4 is 16.4 Å². The highest BCUT2D eigenvalue weighted by Gasteiger charge is 2.49. The summed E-state index contributed by atoms with van der Waals surface area (Å²) in [4.78, 5) is 35.3. The number of amides is 2. The molecule has 2 aromatic rings. The van der Waals surface area contributed by atoms with E-state index in [9.17, 15) is 9.59 Å². The molecule has 208 valence electrons. The van der Waals surface area contributed by atoms with Gasteiger partial charge in [-0.1, -0.05) is 39.7 Å². The van der Waals surface area contributed by atoms with E-state index in [2.05, 4.69) is 36.4 Å². The summed E-state index contributed by atoms with van der Waals surface area (Å²) in [5, 5.41) is 6.10. The van der Waals surface area contributed by atoms with Gasteiger partial charge in [-0.15, -0.1) is 0 Å². The molecular weight excluding hydrogens is 478 g/mol. The summed E-state index contributed by atoms with van der Waals surface area (Å²) >= 11 is 0. The Morgan fingerprint density at radius 2 is 2.03 bits per heavy atom. The molecule has 38 heavy (non-hydrogen) atoms. The molecule has 6 atom stereocenters. The Morgan fingerprint density at radius 3 is 2.66 bits per heavy atom. The maximum atomic E-state index is 14.0. The van der Waals surface area contributed by atoms with Crippen molar-refractivity contribution < 1.29 is 14.3 Å². The van der Waals surface area contributed by atoms with E-state index in [4.69, 9.17) is 15.5 Å². The maximum absolute atomic E-state index is 14.0. The van der Waals surface area contributed by atoms with Gasteiger partial charge in [0.1, 0.15) is 11.9 Å². The van der Waals surface area contributed by atoms with Crippen LogP contribution in [0.5, 0.6) is 0 Å². The Hall–Kier alpha value is -2.45. The van der Waals surface area contributed by atoms with Crippen molar-refractivity contribution in [3.05, 3.63) is 29.6 Å². The zero-order chi connectivity index (χ0) is 27.1. The van der Waals surface area contributed by atoms with Gasteiger partial charge in [-0.25, -0.2) is 4.98 Å². The number of benzene rings is 1. The molecule has 1 aromatic heterocycles. The lowest BCUT2D eigenvalue weighted by atomic mass is 9.65. The van der Waals surface area contributed by atoms with Crippen molar-refractivity contribution in [1.82, 2.24) is 20.6 Å². The number of aromatic amines is 1. The lowest BCUT2D eigenvalue weighted by Crippen LogP contribution is -2.61. The van der Waals surface area contributed by atoms with Gasteiger partial charge in [-0.2, -0.15) is 0 Å². The Balaban J connectivity index is 1.41. The Kier molecular flexibility index (Phi) is 7.57. The van der Waals surface area contributed by atoms with Gasteiger partial charge in [0.25, 0.3) is 0 Å². The minimum absolute atomic E-state index is 0.105. The van der Waals surface area contributed by atoms with Gasteiger partial charge in [0.2, 0.25) is 11.8 Å². The number of hydrogen-bond donors (Lipinski definition) is 4. The summed E-state index contributed by atoms with van der Waals surface area (Å²) in [7, 11) is 0. The molecule has 1 aromatic carbocycles. The lowest BCUT2D eigenvalue weighted by molar-refractivity contribution is -0.136. The number of aromatic nitrogens is 2. The fraction of sp³-hybridized carbons (Fsp3) is 0.700. The van der Waals surface area contributed by atoms with Gasteiger partial charge in [-0.3, -0.25) is 9.59 Å². The summed E-state index contributed by atoms with van der Waals surface area (Å²) in [6.07, 6.45) is 7.05. The predicted octanol–water partition coefficient (Wildman–Crippen LogP) is 4.10. The number of nitrogens with two attached hydrogens (primary N) is 1. The monoisotopic (exact) mass is 523 g/mol. The normalized spacial score (nSPS) is 30.4. The number of nitrogens with one attached hydrogen (secondary N) is 3. The summed E-state index contributed by atoms with van der Waals surface area (Å²) in [6, 6.07) is 5.31. The second kappa shape index (κ2) is 10.6. The van der Waals surface area contributed by atoms with Crippen LogP contribution in [0.15, 0.2) is 18.2 Å². The van der Waals surface area contributed by atoms with Crippen LogP contribution in [0.2, 0.25) is 0 Å². The molecule has 5 unspecified atom stereocenters. The first-order chi connectivity index (χ1) is 18.2. The average Bonchev–Trinajstić information content (AvgIpc) is 3.53. The van der Waals surface area contributed by atoms with Crippen LogP contribution in [0.4, 0.5) is 0 Å². The molecule has 5 rings (SSSR count). The summed E-state index contributed by atoms with van der Waals surface area (Å²) in [5.41, 5.74) is 8.31. The molecule has 8 heteroatoms. The first-order valence-electron chi connectivity index (χ1n) is 14.6. The topological polar surface area (TPSA) is 122 Å². The van der Waals surface area contributed by atoms with Crippen LogP contribution >= 0.6 is 0 Å². The maximum Gasteiger partial charge on any atom is 0.243 e. The van der Waals surface area contributed by atoms with E-state index in [-0.39, 0.29) is 23.3 Å². The SMILES string of the molecule is CCNC(=O)[C@H](NC(=O)C1(c2ccc3nc(C(N)C4CCC(C)CC4C)[nH]c3c2)CCOC1)C1(C)CCC1. The van der Waals surface area contributed by atoms with E-state index in [1.54, 1.807) is 0 Å². The van der Waals surface area contributed by atoms with Gasteiger partial charge < -0.3 is 26.1 Å². The number of hydrogen-bond acceptors (Lipinski definition) is 5. The van der Waals surface area contributed by atoms with Gasteiger partial charge in [0.05, 0.1) is 29.1 Å². The molecule has 1 aliphatic heterocycles. The number of imidazole rings is 1. The van der Waals surface area contributed by atoms with Crippen LogP contribution in [0, 0.1) is 23.2 Å². The summed E-state index contributed by atoms with van der Waals surface area (Å²) in [5.74, 6) is 2.30. The third kappa shape index (κ3) is 4.86. The number of fused-ring (bicyclic) bond motifs is 1. The van der Waals surface area contributed by atoms with Crippen molar-refractivity contribution in [2.75, 3.05) is 19.8 Å². The number of H-pyrrole nitrogens is 1. The number of carbonyl (C=O) groups is 2. The van der Waals surface area contributed by atoms with Crippen molar-refractivity contribution in [1.29, 1.82) is 0 Å². The molecule has 5 N–H and O–H groups in total. The molecule has 3 aliphatic rings. The largest absolute Gasteiger partial charge is 0.380 e. The molecule has 2 saturated carbocycles. The molecule has 3 fully saturated rings. The number of rotatable bonds is 8. The highest BCUT2D eigenvalue weighted by molar-refractivity contribution is 5.94. The van der Waals surface area contributed by atoms with E-state index in [0.29, 0.717) is 38.0 Å². The standard InChI is InChI=1S/C30H45N5O3/c1-5-32-27(36)25(29(4)11-6-12-29)35-28(37)30(13-14-38-17-30)20-8-10-22-23(16-20)34-26(33-22)24(31)21-9-7-18(2)15-19(21)3/h8,10,16,18-19,21,24-25H,5-7,9,11-15,17,31H2,1-4H3,(H,32,36)(H,33,34)(H,35,37)/t18?,19?,21?,24?,25-,30?/m0/s1. The molecule has 0 radical (unpaired) electrons. The number of carbonyl (C=O) groups excluding carboxylic acids is 2.